The summed E-state index contributed by atoms with van der Waals surface area (Å²) in [6, 6.07) is 3.98. The van der Waals surface area contributed by atoms with Crippen LogP contribution in [-0.2, 0) is 0 Å². The van der Waals surface area contributed by atoms with Gasteiger partial charge in [-0.05, 0) is 19.9 Å². The third-order valence-electron chi connectivity index (χ3n) is 2.86. The normalized spacial score (nSPS) is 13.9. The molecule has 0 fully saturated rings. The molecule has 0 amide bonds. The van der Waals surface area contributed by atoms with Crippen LogP contribution in [-0.4, -0.2) is 32.9 Å². The Morgan fingerprint density at radius 1 is 1.33 bits per heavy atom. The van der Waals surface area contributed by atoms with Crippen molar-refractivity contribution in [2.75, 3.05) is 12.4 Å². The van der Waals surface area contributed by atoms with Gasteiger partial charge in [0.25, 0.3) is 0 Å². The summed E-state index contributed by atoms with van der Waals surface area (Å²) >= 11 is 0. The standard InChI is InChI=1S/C12H17N5O/c1-9(10(2)17-8-4-6-14-17)15-12-13-7-5-11(16-12)18-3/h4-10H,1-3H3,(H,13,15,16). The molecular formula is C12H17N5O. The van der Waals surface area contributed by atoms with Crippen molar-refractivity contribution >= 4 is 5.95 Å². The summed E-state index contributed by atoms with van der Waals surface area (Å²) in [7, 11) is 1.59. The molecule has 1 N–H and O–H groups in total. The Balaban J connectivity index is 2.04. The van der Waals surface area contributed by atoms with E-state index in [0.717, 1.165) is 0 Å². The Bertz CT molecular complexity index is 485. The lowest BCUT2D eigenvalue weighted by atomic mass is 10.2. The van der Waals surface area contributed by atoms with Gasteiger partial charge in [0.05, 0.1) is 13.2 Å². The molecule has 6 nitrogen and oxygen atoms in total. The Labute approximate surface area is 106 Å². The second-order valence-electron chi connectivity index (χ2n) is 4.08. The smallest absolute Gasteiger partial charge is 0.226 e. The molecule has 0 aliphatic rings. The molecule has 2 atom stereocenters. The fourth-order valence-corrected chi connectivity index (χ4v) is 1.60. The van der Waals surface area contributed by atoms with Crippen LogP contribution in [0.1, 0.15) is 19.9 Å². The van der Waals surface area contributed by atoms with Crippen LogP contribution in [0.2, 0.25) is 0 Å². The quantitative estimate of drug-likeness (QED) is 0.871. The molecule has 2 aromatic heterocycles. The molecule has 0 spiro atoms. The van der Waals surface area contributed by atoms with Crippen molar-refractivity contribution in [2.24, 2.45) is 0 Å². The number of anilines is 1. The molecule has 0 aliphatic heterocycles. The number of aromatic nitrogens is 4. The highest BCUT2D eigenvalue weighted by Gasteiger charge is 2.15. The van der Waals surface area contributed by atoms with Crippen LogP contribution >= 0.6 is 0 Å². The number of hydrogen-bond acceptors (Lipinski definition) is 5. The first-order valence-electron chi connectivity index (χ1n) is 5.83. The first-order valence-corrected chi connectivity index (χ1v) is 5.83. The maximum absolute atomic E-state index is 5.06. The van der Waals surface area contributed by atoms with Crippen molar-refractivity contribution in [1.82, 2.24) is 19.7 Å². The highest BCUT2D eigenvalue weighted by Crippen LogP contribution is 2.14. The zero-order valence-electron chi connectivity index (χ0n) is 10.7. The Morgan fingerprint density at radius 3 is 2.83 bits per heavy atom. The third kappa shape index (κ3) is 2.77. The number of hydrogen-bond donors (Lipinski definition) is 1. The number of rotatable bonds is 5. The van der Waals surface area contributed by atoms with Gasteiger partial charge in [-0.25, -0.2) is 4.98 Å². The summed E-state index contributed by atoms with van der Waals surface area (Å²) in [5, 5.41) is 7.47. The highest BCUT2D eigenvalue weighted by molar-refractivity contribution is 5.28. The molecule has 0 radical (unpaired) electrons. The zero-order chi connectivity index (χ0) is 13.0. The molecule has 96 valence electrons. The van der Waals surface area contributed by atoms with Gasteiger partial charge < -0.3 is 10.1 Å². The fourth-order valence-electron chi connectivity index (χ4n) is 1.60. The lowest BCUT2D eigenvalue weighted by molar-refractivity contribution is 0.396. The second kappa shape index (κ2) is 5.48. The number of nitrogens with one attached hydrogen (secondary N) is 1. The number of methoxy groups -OCH3 is 1. The van der Waals surface area contributed by atoms with Crippen molar-refractivity contribution in [2.45, 2.75) is 25.9 Å². The lowest BCUT2D eigenvalue weighted by Gasteiger charge is -2.21. The molecule has 0 saturated carbocycles. The molecule has 2 heterocycles. The summed E-state index contributed by atoms with van der Waals surface area (Å²) in [6.45, 7) is 4.15. The zero-order valence-corrected chi connectivity index (χ0v) is 10.7. The van der Waals surface area contributed by atoms with Crippen LogP contribution in [0.3, 0.4) is 0 Å². The van der Waals surface area contributed by atoms with E-state index in [1.807, 2.05) is 16.9 Å². The first kappa shape index (κ1) is 12.3. The molecule has 2 rings (SSSR count). The highest BCUT2D eigenvalue weighted by atomic mass is 16.5. The van der Waals surface area contributed by atoms with Crippen LogP contribution in [0.15, 0.2) is 30.7 Å². The van der Waals surface area contributed by atoms with Crippen LogP contribution in [0.5, 0.6) is 5.88 Å². The molecule has 2 aromatic rings. The SMILES string of the molecule is COc1ccnc(NC(C)C(C)n2cccn2)n1. The third-order valence-corrected chi connectivity index (χ3v) is 2.86. The van der Waals surface area contributed by atoms with Crippen molar-refractivity contribution in [3.63, 3.8) is 0 Å². The van der Waals surface area contributed by atoms with Gasteiger partial charge in [-0.2, -0.15) is 10.1 Å². The van der Waals surface area contributed by atoms with Crippen molar-refractivity contribution in [1.29, 1.82) is 0 Å². The topological polar surface area (TPSA) is 64.9 Å². The molecule has 0 saturated heterocycles. The molecule has 0 aliphatic carbocycles. The Hall–Kier alpha value is -2.11. The molecule has 0 aromatic carbocycles. The van der Waals surface area contributed by atoms with E-state index in [1.54, 1.807) is 25.6 Å². The van der Waals surface area contributed by atoms with Gasteiger partial charge in [-0.1, -0.05) is 0 Å². The van der Waals surface area contributed by atoms with Crippen molar-refractivity contribution in [3.8, 4) is 5.88 Å². The van der Waals surface area contributed by atoms with Gasteiger partial charge in [-0.15, -0.1) is 0 Å². The fraction of sp³-hybridized carbons (Fsp3) is 0.417. The minimum Gasteiger partial charge on any atom is -0.481 e. The molecule has 18 heavy (non-hydrogen) atoms. The monoisotopic (exact) mass is 247 g/mol. The summed E-state index contributed by atoms with van der Waals surface area (Å²) in [4.78, 5) is 8.38. The number of ether oxygens (including phenoxy) is 1. The van der Waals surface area contributed by atoms with E-state index < -0.39 is 0 Å². The maximum Gasteiger partial charge on any atom is 0.226 e. The predicted octanol–water partition coefficient (Wildman–Crippen LogP) is 1.74. The van der Waals surface area contributed by atoms with Gasteiger partial charge in [-0.3, -0.25) is 4.68 Å². The molecule has 6 heteroatoms. The van der Waals surface area contributed by atoms with Gasteiger partial charge in [0.1, 0.15) is 0 Å². The van der Waals surface area contributed by atoms with Crippen LogP contribution in [0.4, 0.5) is 5.95 Å². The predicted molar refractivity (Wildman–Crippen MR) is 68.6 cm³/mol. The first-order chi connectivity index (χ1) is 8.70. The van der Waals surface area contributed by atoms with Gasteiger partial charge in [0, 0.05) is 30.7 Å². The van der Waals surface area contributed by atoms with Gasteiger partial charge >= 0.3 is 0 Å². The summed E-state index contributed by atoms with van der Waals surface area (Å²) in [5.41, 5.74) is 0. The largest absolute Gasteiger partial charge is 0.481 e. The second-order valence-corrected chi connectivity index (χ2v) is 4.08. The van der Waals surface area contributed by atoms with E-state index in [2.05, 4.69) is 34.2 Å². The van der Waals surface area contributed by atoms with E-state index in [9.17, 15) is 0 Å². The molecule has 0 bridgehead atoms. The minimum atomic E-state index is 0.150. The van der Waals surface area contributed by atoms with E-state index in [0.29, 0.717) is 11.8 Å². The molecule has 2 unspecified atom stereocenters. The van der Waals surface area contributed by atoms with Gasteiger partial charge in [0.2, 0.25) is 11.8 Å². The van der Waals surface area contributed by atoms with E-state index in [-0.39, 0.29) is 12.1 Å². The summed E-state index contributed by atoms with van der Waals surface area (Å²) in [5.74, 6) is 1.10. The average Bonchev–Trinajstić information content (AvgIpc) is 2.92. The maximum atomic E-state index is 5.06. The van der Waals surface area contributed by atoms with Crippen molar-refractivity contribution < 1.29 is 4.74 Å². The van der Waals surface area contributed by atoms with Crippen LogP contribution in [0.25, 0.3) is 0 Å². The summed E-state index contributed by atoms with van der Waals surface area (Å²) < 4.78 is 6.96. The van der Waals surface area contributed by atoms with Gasteiger partial charge in [0.15, 0.2) is 0 Å². The van der Waals surface area contributed by atoms with E-state index in [1.165, 1.54) is 0 Å². The lowest BCUT2D eigenvalue weighted by Crippen LogP contribution is -2.27. The van der Waals surface area contributed by atoms with Crippen molar-refractivity contribution in [3.05, 3.63) is 30.7 Å². The summed E-state index contributed by atoms with van der Waals surface area (Å²) in [6.07, 6.45) is 5.38. The molecular weight excluding hydrogens is 230 g/mol. The average molecular weight is 247 g/mol. The van der Waals surface area contributed by atoms with E-state index >= 15 is 0 Å². The Kier molecular flexibility index (Phi) is 3.76. The number of nitrogens with zero attached hydrogens (tertiary/aromatic N) is 4. The Morgan fingerprint density at radius 2 is 2.17 bits per heavy atom. The van der Waals surface area contributed by atoms with Crippen LogP contribution < -0.4 is 10.1 Å². The minimum absolute atomic E-state index is 0.150. The van der Waals surface area contributed by atoms with E-state index in [4.69, 9.17) is 4.74 Å². The van der Waals surface area contributed by atoms with Crippen LogP contribution in [0, 0.1) is 0 Å².